The second-order valence-electron chi connectivity index (χ2n) is 14.4. The maximum atomic E-state index is 2.40. The highest BCUT2D eigenvalue weighted by Gasteiger charge is 2.33. The molecular formula is C51H50. The normalized spacial score (nSPS) is 12.4. The summed E-state index contributed by atoms with van der Waals surface area (Å²) < 4.78 is 0. The summed E-state index contributed by atoms with van der Waals surface area (Å²) in [5, 5.41) is 2.75. The van der Waals surface area contributed by atoms with E-state index in [9.17, 15) is 0 Å². The lowest BCUT2D eigenvalue weighted by atomic mass is 9.68. The molecule has 0 unspecified atom stereocenters. The quantitative estimate of drug-likeness (QED) is 0.161. The highest BCUT2D eigenvalue weighted by Crippen LogP contribution is 2.49. The lowest BCUT2D eigenvalue weighted by molar-refractivity contribution is 0.645. The summed E-state index contributed by atoms with van der Waals surface area (Å²) in [6.45, 7) is 13.3. The van der Waals surface area contributed by atoms with E-state index < -0.39 is 0 Å². The van der Waals surface area contributed by atoms with Crippen LogP contribution in [-0.2, 0) is 11.8 Å². The molecule has 0 heteroatoms. The van der Waals surface area contributed by atoms with Crippen molar-refractivity contribution in [2.45, 2.75) is 59.8 Å². The molecule has 1 aliphatic rings. The zero-order valence-corrected chi connectivity index (χ0v) is 31.1. The molecule has 0 amide bonds. The molecule has 0 aliphatic heterocycles. The zero-order valence-electron chi connectivity index (χ0n) is 31.1. The Labute approximate surface area is 306 Å². The predicted molar refractivity (Wildman–Crippen MR) is 223 cm³/mol. The van der Waals surface area contributed by atoms with Gasteiger partial charge in [-0.05, 0) is 94.1 Å². The second kappa shape index (κ2) is 16.0. The van der Waals surface area contributed by atoms with Crippen LogP contribution in [0, 0.1) is 20.8 Å². The summed E-state index contributed by atoms with van der Waals surface area (Å²) in [5.74, 6) is 0. The van der Waals surface area contributed by atoms with Crippen LogP contribution in [-0.4, -0.2) is 0 Å². The summed E-state index contributed by atoms with van der Waals surface area (Å²) in [4.78, 5) is 0. The van der Waals surface area contributed by atoms with E-state index in [-0.39, 0.29) is 5.41 Å². The average Bonchev–Trinajstić information content (AvgIpc) is 3.16. The molecule has 7 aromatic carbocycles. The number of hydrogen-bond acceptors (Lipinski definition) is 0. The van der Waals surface area contributed by atoms with Gasteiger partial charge in [-0.15, -0.1) is 0 Å². The second-order valence-corrected chi connectivity index (χ2v) is 14.4. The summed E-state index contributed by atoms with van der Waals surface area (Å²) >= 11 is 0. The van der Waals surface area contributed by atoms with E-state index in [2.05, 4.69) is 205 Å². The van der Waals surface area contributed by atoms with Crippen LogP contribution in [0.1, 0.15) is 71.7 Å². The molecule has 0 fully saturated rings. The first-order valence-electron chi connectivity index (χ1n) is 18.3. The molecule has 51 heavy (non-hydrogen) atoms. The van der Waals surface area contributed by atoms with Crippen LogP contribution < -0.4 is 0 Å². The van der Waals surface area contributed by atoms with E-state index in [1.807, 2.05) is 6.07 Å². The van der Waals surface area contributed by atoms with Crippen LogP contribution in [0.15, 0.2) is 158 Å². The minimum atomic E-state index is -0.0100. The van der Waals surface area contributed by atoms with Gasteiger partial charge in [-0.1, -0.05) is 208 Å². The molecule has 0 bridgehead atoms. The maximum absolute atomic E-state index is 2.40. The largest absolute Gasteiger partial charge is 0.0651 e. The van der Waals surface area contributed by atoms with Crippen molar-refractivity contribution in [2.24, 2.45) is 0 Å². The Hall–Kier alpha value is -5.46. The molecule has 0 radical (unpaired) electrons. The molecule has 0 heterocycles. The van der Waals surface area contributed by atoms with Crippen molar-refractivity contribution in [3.8, 4) is 22.3 Å². The van der Waals surface area contributed by atoms with Crippen LogP contribution in [0.3, 0.4) is 0 Å². The molecule has 0 aromatic heterocycles. The molecule has 8 rings (SSSR count). The van der Waals surface area contributed by atoms with Crippen molar-refractivity contribution < 1.29 is 0 Å². The zero-order chi connectivity index (χ0) is 35.8. The lowest BCUT2D eigenvalue weighted by Crippen LogP contribution is -2.23. The van der Waals surface area contributed by atoms with Gasteiger partial charge in [0.1, 0.15) is 0 Å². The van der Waals surface area contributed by atoms with Crippen molar-refractivity contribution >= 4 is 22.9 Å². The van der Waals surface area contributed by atoms with Crippen LogP contribution in [0.5, 0.6) is 0 Å². The fourth-order valence-corrected chi connectivity index (χ4v) is 6.93. The first-order chi connectivity index (χ1) is 24.7. The number of hydrogen-bond donors (Lipinski definition) is 0. The standard InChI is InChI=1S/C26H22.C17H18.C8H10/c1-17-10-12-18(13-11-17)20-14-15-21-22-8-4-6-19-7-5-9-23(25(19)22)26(2,3)24(21)16-20;1-2-6-15-9-12-17(13-10-15)14-11-16-7-4-3-5-8-16;1-7-3-5-8(2)6-4-7/h4-16H,1-3H3;3-5,7-14H,2,6H2,1H3;3-6H,1-2H3/b;14-11+;. The third kappa shape index (κ3) is 8.47. The highest BCUT2D eigenvalue weighted by atomic mass is 14.4. The molecule has 0 N–H and O–H groups in total. The molecule has 0 atom stereocenters. The Morgan fingerprint density at radius 1 is 0.471 bits per heavy atom. The number of fused-ring (bicyclic) bond motifs is 2. The fraction of sp³-hybridized carbons (Fsp3) is 0.176. The van der Waals surface area contributed by atoms with E-state index in [1.165, 1.54) is 90.4 Å². The minimum absolute atomic E-state index is 0.0100. The van der Waals surface area contributed by atoms with Gasteiger partial charge in [0.25, 0.3) is 0 Å². The number of benzene rings is 7. The van der Waals surface area contributed by atoms with Gasteiger partial charge in [0.2, 0.25) is 0 Å². The van der Waals surface area contributed by atoms with Gasteiger partial charge in [-0.2, -0.15) is 0 Å². The molecule has 1 aliphatic carbocycles. The predicted octanol–water partition coefficient (Wildman–Crippen LogP) is 14.2. The maximum Gasteiger partial charge on any atom is 0.0159 e. The smallest absolute Gasteiger partial charge is 0.0159 e. The molecule has 0 spiro atoms. The Bertz CT molecular complexity index is 2190. The van der Waals surface area contributed by atoms with Gasteiger partial charge >= 0.3 is 0 Å². The Morgan fingerprint density at radius 2 is 1.02 bits per heavy atom. The molecule has 7 aromatic rings. The topological polar surface area (TPSA) is 0 Å². The van der Waals surface area contributed by atoms with Crippen molar-refractivity contribution in [3.63, 3.8) is 0 Å². The summed E-state index contributed by atoms with van der Waals surface area (Å²) in [5.41, 5.74) is 16.0. The van der Waals surface area contributed by atoms with E-state index in [1.54, 1.807) is 0 Å². The first kappa shape index (κ1) is 35.4. The van der Waals surface area contributed by atoms with Gasteiger partial charge < -0.3 is 0 Å². The van der Waals surface area contributed by atoms with Crippen LogP contribution in [0.4, 0.5) is 0 Å². The van der Waals surface area contributed by atoms with E-state index in [0.717, 1.165) is 0 Å². The fourth-order valence-electron chi connectivity index (χ4n) is 6.93. The van der Waals surface area contributed by atoms with Crippen LogP contribution >= 0.6 is 0 Å². The van der Waals surface area contributed by atoms with Gasteiger partial charge in [-0.3, -0.25) is 0 Å². The van der Waals surface area contributed by atoms with Gasteiger partial charge in [0.05, 0.1) is 0 Å². The Kier molecular flexibility index (Phi) is 11.1. The summed E-state index contributed by atoms with van der Waals surface area (Å²) in [6.07, 6.45) is 6.68. The van der Waals surface area contributed by atoms with E-state index in [0.29, 0.717) is 0 Å². The monoisotopic (exact) mass is 662 g/mol. The Balaban J connectivity index is 0.000000153. The van der Waals surface area contributed by atoms with Gasteiger partial charge in [0, 0.05) is 5.41 Å². The van der Waals surface area contributed by atoms with E-state index in [4.69, 9.17) is 0 Å². The first-order valence-corrected chi connectivity index (χ1v) is 18.3. The van der Waals surface area contributed by atoms with Crippen molar-refractivity contribution in [1.82, 2.24) is 0 Å². The van der Waals surface area contributed by atoms with Crippen LogP contribution in [0.25, 0.3) is 45.2 Å². The Morgan fingerprint density at radius 3 is 1.63 bits per heavy atom. The van der Waals surface area contributed by atoms with Gasteiger partial charge in [-0.25, -0.2) is 0 Å². The van der Waals surface area contributed by atoms with Crippen molar-refractivity contribution in [2.75, 3.05) is 0 Å². The molecule has 0 saturated carbocycles. The van der Waals surface area contributed by atoms with Gasteiger partial charge in [0.15, 0.2) is 0 Å². The lowest BCUT2D eigenvalue weighted by Gasteiger charge is -2.35. The van der Waals surface area contributed by atoms with Crippen molar-refractivity contribution in [3.05, 3.63) is 202 Å². The third-order valence-corrected chi connectivity index (χ3v) is 9.95. The SMILES string of the molecule is CCCc1ccc(/C=C/c2ccccc2)cc1.Cc1ccc(-c2ccc3c(c2)C(C)(C)c2cccc4cccc-3c24)cc1.Cc1ccc(C)cc1. The van der Waals surface area contributed by atoms with Crippen LogP contribution in [0.2, 0.25) is 0 Å². The molecule has 254 valence electrons. The third-order valence-electron chi connectivity index (χ3n) is 9.95. The summed E-state index contributed by atoms with van der Waals surface area (Å²) in [6, 6.07) is 56.9. The minimum Gasteiger partial charge on any atom is -0.0651 e. The molecule has 0 saturated heterocycles. The van der Waals surface area contributed by atoms with E-state index >= 15 is 0 Å². The average molecular weight is 663 g/mol. The molecule has 0 nitrogen and oxygen atoms in total. The molecular weight excluding hydrogens is 613 g/mol. The highest BCUT2D eigenvalue weighted by molar-refractivity contribution is 6.03. The number of aryl methyl sites for hydroxylation is 4. The summed E-state index contributed by atoms with van der Waals surface area (Å²) in [7, 11) is 0. The number of rotatable bonds is 5. The van der Waals surface area contributed by atoms with Crippen molar-refractivity contribution in [1.29, 1.82) is 0 Å².